The number of ether oxygens (including phenoxy) is 1. The van der Waals surface area contributed by atoms with Crippen LogP contribution >= 0.6 is 11.6 Å². The van der Waals surface area contributed by atoms with Gasteiger partial charge in [0.1, 0.15) is 18.2 Å². The molecule has 6 nitrogen and oxygen atoms in total. The van der Waals surface area contributed by atoms with E-state index in [1.54, 1.807) is 0 Å². The van der Waals surface area contributed by atoms with Crippen LogP contribution in [0.5, 0.6) is 0 Å². The summed E-state index contributed by atoms with van der Waals surface area (Å²) in [6, 6.07) is 8.90. The third-order valence-electron chi connectivity index (χ3n) is 3.08. The Morgan fingerprint density at radius 1 is 1.04 bits per heavy atom. The summed E-state index contributed by atoms with van der Waals surface area (Å²) in [7, 11) is 0. The molecule has 2 aromatic carbocycles. The molecule has 136 valence electrons. The molecule has 0 heterocycles. The molecule has 2 amide bonds. The van der Waals surface area contributed by atoms with E-state index in [0.717, 1.165) is 12.1 Å². The van der Waals surface area contributed by atoms with E-state index in [1.807, 2.05) is 0 Å². The summed E-state index contributed by atoms with van der Waals surface area (Å²) in [4.78, 5) is 34.9. The average molecular weight is 383 g/mol. The number of amides is 2. The largest absolute Gasteiger partial charge is 0.454 e. The van der Waals surface area contributed by atoms with E-state index < -0.39 is 42.6 Å². The molecule has 0 unspecified atom stereocenters. The second kappa shape index (κ2) is 8.91. The molecule has 2 rings (SSSR count). The summed E-state index contributed by atoms with van der Waals surface area (Å²) in [5.74, 6) is -3.97. The van der Waals surface area contributed by atoms with E-state index in [-0.39, 0.29) is 16.3 Å². The van der Waals surface area contributed by atoms with Crippen molar-refractivity contribution in [3.8, 4) is 0 Å². The minimum Gasteiger partial charge on any atom is -0.454 e. The molecule has 0 saturated carbocycles. The molecule has 26 heavy (non-hydrogen) atoms. The zero-order valence-corrected chi connectivity index (χ0v) is 14.0. The van der Waals surface area contributed by atoms with Crippen LogP contribution in [0.1, 0.15) is 10.4 Å². The quantitative estimate of drug-likeness (QED) is 0.752. The van der Waals surface area contributed by atoms with Gasteiger partial charge in [0.2, 0.25) is 0 Å². The fourth-order valence-electron chi connectivity index (χ4n) is 1.87. The monoisotopic (exact) mass is 382 g/mol. The molecule has 9 heteroatoms. The Labute approximate surface area is 152 Å². The number of hydrogen-bond donors (Lipinski definition) is 2. The fourth-order valence-corrected chi connectivity index (χ4v) is 2.03. The molecule has 0 spiro atoms. The summed E-state index contributed by atoms with van der Waals surface area (Å²) in [5, 5.41) is 4.54. The molecular weight excluding hydrogens is 370 g/mol. The number of halogens is 3. The Kier molecular flexibility index (Phi) is 6.62. The average Bonchev–Trinajstić information content (AvgIpc) is 2.60. The minimum atomic E-state index is -0.915. The van der Waals surface area contributed by atoms with Crippen LogP contribution in [0.2, 0.25) is 5.02 Å². The molecule has 0 atom stereocenters. The summed E-state index contributed by atoms with van der Waals surface area (Å²) >= 11 is 5.59. The van der Waals surface area contributed by atoms with Crippen molar-refractivity contribution in [3.05, 3.63) is 64.7 Å². The van der Waals surface area contributed by atoms with E-state index in [1.165, 1.54) is 30.3 Å². The van der Waals surface area contributed by atoms with Gasteiger partial charge in [0.25, 0.3) is 11.8 Å². The van der Waals surface area contributed by atoms with Gasteiger partial charge in [-0.15, -0.1) is 0 Å². The summed E-state index contributed by atoms with van der Waals surface area (Å²) in [6.07, 6.45) is 0. The van der Waals surface area contributed by atoms with Gasteiger partial charge in [-0.25, -0.2) is 8.78 Å². The number of carbonyl (C=O) groups excluding carboxylic acids is 3. The molecule has 0 aromatic heterocycles. The van der Waals surface area contributed by atoms with E-state index in [9.17, 15) is 23.2 Å². The first-order chi connectivity index (χ1) is 12.4. The zero-order valence-electron chi connectivity index (χ0n) is 13.2. The Hall–Kier alpha value is -3.00. The summed E-state index contributed by atoms with van der Waals surface area (Å²) in [6.45, 7) is -1.24. The van der Waals surface area contributed by atoms with Crippen LogP contribution < -0.4 is 10.6 Å². The van der Waals surface area contributed by atoms with Gasteiger partial charge in [0.05, 0.1) is 11.3 Å². The van der Waals surface area contributed by atoms with Crippen molar-refractivity contribution in [1.82, 2.24) is 5.32 Å². The van der Waals surface area contributed by atoms with Crippen molar-refractivity contribution in [3.63, 3.8) is 0 Å². The van der Waals surface area contributed by atoms with Crippen LogP contribution in [-0.4, -0.2) is 30.9 Å². The highest BCUT2D eigenvalue weighted by Gasteiger charge is 2.14. The number of carbonyl (C=O) groups is 3. The normalized spacial score (nSPS) is 10.1. The maximum absolute atomic E-state index is 13.5. The standard InChI is InChI=1S/C17H13ClF2N2O4/c18-10-5-6-14(13(20)7-10)22-15(23)9-26-16(24)8-21-17(25)11-3-1-2-4-12(11)19/h1-7H,8-9H2,(H,21,25)(H,22,23). The van der Waals surface area contributed by atoms with Gasteiger partial charge in [-0.2, -0.15) is 0 Å². The van der Waals surface area contributed by atoms with Gasteiger partial charge < -0.3 is 15.4 Å². The highest BCUT2D eigenvalue weighted by Crippen LogP contribution is 2.18. The lowest BCUT2D eigenvalue weighted by atomic mass is 10.2. The molecule has 0 aliphatic heterocycles. The van der Waals surface area contributed by atoms with Gasteiger partial charge >= 0.3 is 5.97 Å². The molecule has 2 aromatic rings. The van der Waals surface area contributed by atoms with Gasteiger partial charge in [0.15, 0.2) is 6.61 Å². The van der Waals surface area contributed by atoms with E-state index in [4.69, 9.17) is 11.6 Å². The maximum atomic E-state index is 13.5. The Balaban J connectivity index is 1.77. The zero-order chi connectivity index (χ0) is 19.1. The number of esters is 1. The van der Waals surface area contributed by atoms with Crippen LogP contribution in [0.4, 0.5) is 14.5 Å². The predicted molar refractivity (Wildman–Crippen MR) is 89.7 cm³/mol. The summed E-state index contributed by atoms with van der Waals surface area (Å²) < 4.78 is 31.6. The van der Waals surface area contributed by atoms with Crippen molar-refractivity contribution in [2.24, 2.45) is 0 Å². The third-order valence-corrected chi connectivity index (χ3v) is 3.32. The highest BCUT2D eigenvalue weighted by atomic mass is 35.5. The van der Waals surface area contributed by atoms with Crippen LogP contribution in [0.25, 0.3) is 0 Å². The van der Waals surface area contributed by atoms with Gasteiger partial charge in [-0.05, 0) is 30.3 Å². The molecule has 0 aliphatic rings. The molecule has 0 radical (unpaired) electrons. The lowest BCUT2D eigenvalue weighted by Crippen LogP contribution is -2.32. The van der Waals surface area contributed by atoms with Crippen LogP contribution in [-0.2, 0) is 14.3 Å². The van der Waals surface area contributed by atoms with Crippen molar-refractivity contribution < 1.29 is 27.9 Å². The lowest BCUT2D eigenvalue weighted by molar-refractivity contribution is -0.146. The Morgan fingerprint density at radius 2 is 1.77 bits per heavy atom. The molecule has 0 aliphatic carbocycles. The Morgan fingerprint density at radius 3 is 2.46 bits per heavy atom. The smallest absolute Gasteiger partial charge is 0.325 e. The van der Waals surface area contributed by atoms with E-state index in [2.05, 4.69) is 15.4 Å². The van der Waals surface area contributed by atoms with Crippen LogP contribution in [0.3, 0.4) is 0 Å². The van der Waals surface area contributed by atoms with Crippen molar-refractivity contribution in [1.29, 1.82) is 0 Å². The van der Waals surface area contributed by atoms with E-state index in [0.29, 0.717) is 0 Å². The minimum absolute atomic E-state index is 0.122. The van der Waals surface area contributed by atoms with Crippen molar-refractivity contribution in [2.45, 2.75) is 0 Å². The second-order valence-electron chi connectivity index (χ2n) is 5.00. The molecular formula is C17H13ClF2N2O4. The van der Waals surface area contributed by atoms with E-state index >= 15 is 0 Å². The first kappa shape index (κ1) is 19.3. The first-order valence-electron chi connectivity index (χ1n) is 7.30. The Bertz CT molecular complexity index is 845. The number of anilines is 1. The number of benzene rings is 2. The van der Waals surface area contributed by atoms with Crippen LogP contribution in [0, 0.1) is 11.6 Å². The molecule has 0 bridgehead atoms. The van der Waals surface area contributed by atoms with Gasteiger partial charge in [-0.1, -0.05) is 23.7 Å². The second-order valence-corrected chi connectivity index (χ2v) is 5.43. The van der Waals surface area contributed by atoms with Gasteiger partial charge in [-0.3, -0.25) is 14.4 Å². The third kappa shape index (κ3) is 5.52. The SMILES string of the molecule is O=C(COC(=O)CNC(=O)c1ccccc1F)Nc1ccc(Cl)cc1F. The van der Waals surface area contributed by atoms with Crippen LogP contribution in [0.15, 0.2) is 42.5 Å². The maximum Gasteiger partial charge on any atom is 0.325 e. The number of hydrogen-bond acceptors (Lipinski definition) is 4. The van der Waals surface area contributed by atoms with Gasteiger partial charge in [0, 0.05) is 5.02 Å². The van der Waals surface area contributed by atoms with Crippen molar-refractivity contribution in [2.75, 3.05) is 18.5 Å². The molecule has 0 fully saturated rings. The topological polar surface area (TPSA) is 84.5 Å². The molecule has 2 N–H and O–H groups in total. The van der Waals surface area contributed by atoms with Crippen molar-refractivity contribution >= 4 is 35.1 Å². The fraction of sp³-hybridized carbons (Fsp3) is 0.118. The number of rotatable bonds is 6. The predicted octanol–water partition coefficient (Wildman–Crippen LogP) is 2.53. The first-order valence-corrected chi connectivity index (χ1v) is 7.68. The lowest BCUT2D eigenvalue weighted by Gasteiger charge is -2.08. The number of nitrogens with one attached hydrogen (secondary N) is 2. The highest BCUT2D eigenvalue weighted by molar-refractivity contribution is 6.30. The molecule has 0 saturated heterocycles. The summed E-state index contributed by atoms with van der Waals surface area (Å²) in [5.41, 5.74) is -0.348.